The second-order valence-electron chi connectivity index (χ2n) is 3.33. The number of ether oxygens (including phenoxy) is 1. The number of hydrogen-bond donors (Lipinski definition) is 1. The number of nitrogens with zero attached hydrogens (tertiary/aromatic N) is 2. The molecule has 0 radical (unpaired) electrons. The number of hydrogen-bond acceptors (Lipinski definition) is 5. The lowest BCUT2D eigenvalue weighted by Crippen LogP contribution is -2.09. The first-order valence-electron chi connectivity index (χ1n) is 5.11. The SMILES string of the molecule is CCC(C)=C(Cl)c1nonc1NCCOC. The van der Waals surface area contributed by atoms with Crippen molar-refractivity contribution in [1.29, 1.82) is 0 Å². The smallest absolute Gasteiger partial charge is 0.199 e. The highest BCUT2D eigenvalue weighted by molar-refractivity contribution is 6.49. The van der Waals surface area contributed by atoms with Gasteiger partial charge in [-0.05, 0) is 23.7 Å². The predicted molar refractivity (Wildman–Crippen MR) is 63.4 cm³/mol. The molecule has 0 amide bonds. The lowest BCUT2D eigenvalue weighted by molar-refractivity contribution is 0.210. The van der Waals surface area contributed by atoms with E-state index in [-0.39, 0.29) is 0 Å². The van der Waals surface area contributed by atoms with Crippen LogP contribution in [-0.4, -0.2) is 30.6 Å². The Morgan fingerprint density at radius 3 is 2.88 bits per heavy atom. The van der Waals surface area contributed by atoms with Gasteiger partial charge in [-0.25, -0.2) is 4.63 Å². The molecular weight excluding hydrogens is 230 g/mol. The first-order valence-corrected chi connectivity index (χ1v) is 5.49. The number of methoxy groups -OCH3 is 1. The molecule has 1 heterocycles. The van der Waals surface area contributed by atoms with Crippen molar-refractivity contribution < 1.29 is 9.37 Å². The molecule has 0 fully saturated rings. The Hall–Kier alpha value is -1.07. The Balaban J connectivity index is 2.78. The average molecular weight is 246 g/mol. The van der Waals surface area contributed by atoms with E-state index in [1.807, 2.05) is 13.8 Å². The summed E-state index contributed by atoms with van der Waals surface area (Å²) in [6.07, 6.45) is 0.864. The molecule has 1 N–H and O–H groups in total. The standard InChI is InChI=1S/C10H16ClN3O2/c1-4-7(2)8(11)9-10(14-16-13-9)12-5-6-15-3/h4-6H2,1-3H3,(H,12,14). The molecule has 0 saturated carbocycles. The van der Waals surface area contributed by atoms with Crippen LogP contribution in [0.5, 0.6) is 0 Å². The van der Waals surface area contributed by atoms with Gasteiger partial charge in [-0.3, -0.25) is 0 Å². The fourth-order valence-electron chi connectivity index (χ4n) is 1.08. The first kappa shape index (κ1) is 13.0. The van der Waals surface area contributed by atoms with Gasteiger partial charge in [0.15, 0.2) is 11.5 Å². The zero-order valence-electron chi connectivity index (χ0n) is 9.71. The summed E-state index contributed by atoms with van der Waals surface area (Å²) in [5.41, 5.74) is 1.60. The Morgan fingerprint density at radius 1 is 1.50 bits per heavy atom. The van der Waals surface area contributed by atoms with Crippen LogP contribution in [0.1, 0.15) is 26.0 Å². The van der Waals surface area contributed by atoms with Gasteiger partial charge >= 0.3 is 0 Å². The average Bonchev–Trinajstić information content (AvgIpc) is 2.75. The highest BCUT2D eigenvalue weighted by Crippen LogP contribution is 2.27. The summed E-state index contributed by atoms with van der Waals surface area (Å²) in [5.74, 6) is 0.551. The molecule has 0 aliphatic heterocycles. The maximum Gasteiger partial charge on any atom is 0.199 e. The van der Waals surface area contributed by atoms with Gasteiger partial charge in [0, 0.05) is 13.7 Å². The van der Waals surface area contributed by atoms with E-state index >= 15 is 0 Å². The minimum Gasteiger partial charge on any atom is -0.383 e. The van der Waals surface area contributed by atoms with Crippen LogP contribution >= 0.6 is 11.6 Å². The van der Waals surface area contributed by atoms with Crippen molar-refractivity contribution in [2.24, 2.45) is 0 Å². The van der Waals surface area contributed by atoms with Crippen molar-refractivity contribution in [1.82, 2.24) is 10.3 Å². The molecule has 0 aliphatic carbocycles. The second-order valence-corrected chi connectivity index (χ2v) is 3.71. The van der Waals surface area contributed by atoms with Crippen molar-refractivity contribution in [3.05, 3.63) is 11.3 Å². The molecule has 0 aliphatic rings. The van der Waals surface area contributed by atoms with Gasteiger partial charge in [0.2, 0.25) is 0 Å². The Kier molecular flexibility index (Phi) is 5.28. The monoisotopic (exact) mass is 245 g/mol. The third kappa shape index (κ3) is 3.21. The summed E-state index contributed by atoms with van der Waals surface area (Å²) in [5, 5.41) is 11.2. The van der Waals surface area contributed by atoms with Crippen molar-refractivity contribution >= 4 is 22.5 Å². The van der Waals surface area contributed by atoms with Crippen LogP contribution in [-0.2, 0) is 4.74 Å². The number of rotatable bonds is 6. The van der Waals surface area contributed by atoms with Gasteiger partial charge in [-0.15, -0.1) is 0 Å². The molecule has 0 aromatic carbocycles. The number of halogens is 1. The third-order valence-corrected chi connectivity index (χ3v) is 2.70. The zero-order chi connectivity index (χ0) is 12.0. The normalized spacial score (nSPS) is 12.5. The van der Waals surface area contributed by atoms with Crippen LogP contribution in [0.4, 0.5) is 5.82 Å². The maximum atomic E-state index is 6.16. The fourth-order valence-corrected chi connectivity index (χ4v) is 1.34. The van der Waals surface area contributed by atoms with Crippen molar-refractivity contribution in [2.45, 2.75) is 20.3 Å². The second kappa shape index (κ2) is 6.50. The summed E-state index contributed by atoms with van der Waals surface area (Å²) in [7, 11) is 1.64. The molecule has 0 saturated heterocycles. The molecule has 0 spiro atoms. The highest BCUT2D eigenvalue weighted by atomic mass is 35.5. The predicted octanol–water partition coefficient (Wildman–Crippen LogP) is 2.51. The maximum absolute atomic E-state index is 6.16. The summed E-state index contributed by atoms with van der Waals surface area (Å²) in [4.78, 5) is 0. The van der Waals surface area contributed by atoms with Gasteiger partial charge in [0.25, 0.3) is 0 Å². The molecule has 6 heteroatoms. The largest absolute Gasteiger partial charge is 0.383 e. The van der Waals surface area contributed by atoms with E-state index in [0.717, 1.165) is 12.0 Å². The molecule has 5 nitrogen and oxygen atoms in total. The van der Waals surface area contributed by atoms with Crippen molar-refractivity contribution in [3.8, 4) is 0 Å². The van der Waals surface area contributed by atoms with Crippen molar-refractivity contribution in [3.63, 3.8) is 0 Å². The number of nitrogens with one attached hydrogen (secondary N) is 1. The van der Waals surface area contributed by atoms with E-state index < -0.39 is 0 Å². The van der Waals surface area contributed by atoms with Crippen molar-refractivity contribution in [2.75, 3.05) is 25.6 Å². The van der Waals surface area contributed by atoms with Crippen LogP contribution in [0.2, 0.25) is 0 Å². The van der Waals surface area contributed by atoms with Crippen LogP contribution in [0, 0.1) is 0 Å². The molecule has 1 rings (SSSR count). The van der Waals surface area contributed by atoms with E-state index in [1.54, 1.807) is 7.11 Å². The van der Waals surface area contributed by atoms with Gasteiger partial charge in [0.1, 0.15) is 0 Å². The lowest BCUT2D eigenvalue weighted by Gasteiger charge is -2.04. The Labute approximate surface area is 99.8 Å². The minimum atomic E-state index is 0.551. The highest BCUT2D eigenvalue weighted by Gasteiger charge is 2.14. The molecule has 1 aromatic rings. The lowest BCUT2D eigenvalue weighted by atomic mass is 10.2. The molecule has 90 valence electrons. The summed E-state index contributed by atoms with van der Waals surface area (Å²) < 4.78 is 9.59. The van der Waals surface area contributed by atoms with Gasteiger partial charge < -0.3 is 10.1 Å². The Bertz CT molecular complexity index is 363. The molecule has 0 atom stereocenters. The molecular formula is C10H16ClN3O2. The first-order chi connectivity index (χ1) is 7.70. The van der Waals surface area contributed by atoms with E-state index in [1.165, 1.54) is 0 Å². The zero-order valence-corrected chi connectivity index (χ0v) is 10.5. The molecule has 0 unspecified atom stereocenters. The van der Waals surface area contributed by atoms with Crippen LogP contribution in [0.25, 0.3) is 5.03 Å². The Morgan fingerprint density at radius 2 is 2.25 bits per heavy atom. The fraction of sp³-hybridized carbons (Fsp3) is 0.600. The van der Waals surface area contributed by atoms with Crippen LogP contribution in [0.15, 0.2) is 10.2 Å². The summed E-state index contributed by atoms with van der Waals surface area (Å²) in [6, 6.07) is 0. The van der Waals surface area contributed by atoms with E-state index in [4.69, 9.17) is 16.3 Å². The molecule has 1 aromatic heterocycles. The van der Waals surface area contributed by atoms with E-state index in [9.17, 15) is 0 Å². The van der Waals surface area contributed by atoms with E-state index in [0.29, 0.717) is 29.7 Å². The number of allylic oxidation sites excluding steroid dienone is 1. The van der Waals surface area contributed by atoms with Crippen LogP contribution in [0.3, 0.4) is 0 Å². The number of anilines is 1. The van der Waals surface area contributed by atoms with Gasteiger partial charge in [-0.1, -0.05) is 24.1 Å². The molecule has 0 bridgehead atoms. The molecule has 16 heavy (non-hydrogen) atoms. The topological polar surface area (TPSA) is 60.2 Å². The van der Waals surface area contributed by atoms with Crippen LogP contribution < -0.4 is 5.32 Å². The summed E-state index contributed by atoms with van der Waals surface area (Å²) >= 11 is 6.16. The van der Waals surface area contributed by atoms with Gasteiger partial charge in [0.05, 0.1) is 11.6 Å². The quantitative estimate of drug-likeness (QED) is 0.781. The number of aromatic nitrogens is 2. The van der Waals surface area contributed by atoms with E-state index in [2.05, 4.69) is 20.3 Å². The van der Waals surface area contributed by atoms with Gasteiger partial charge in [-0.2, -0.15) is 0 Å². The summed E-state index contributed by atoms with van der Waals surface area (Å²) in [6.45, 7) is 5.20. The third-order valence-electron chi connectivity index (χ3n) is 2.20. The minimum absolute atomic E-state index is 0.551.